The average Bonchev–Trinajstić information content (AvgIpc) is 2.31. The number of amides is 1. The van der Waals surface area contributed by atoms with Gasteiger partial charge in [-0.3, -0.25) is 9.59 Å². The molecule has 0 aliphatic rings. The zero-order chi connectivity index (χ0) is 15.1. The van der Waals surface area contributed by atoms with E-state index in [0.29, 0.717) is 19.4 Å². The van der Waals surface area contributed by atoms with E-state index in [-0.39, 0.29) is 17.1 Å². The summed E-state index contributed by atoms with van der Waals surface area (Å²) in [5.41, 5.74) is -1.53. The van der Waals surface area contributed by atoms with Crippen molar-refractivity contribution in [2.45, 2.75) is 72.3 Å². The molecule has 4 heteroatoms. The zero-order valence-electron chi connectivity index (χ0n) is 13.0. The lowest BCUT2D eigenvalue weighted by Gasteiger charge is -2.19. The number of hydrogen-bond acceptors (Lipinski definition) is 3. The molecule has 1 unspecified atom stereocenters. The Bertz CT molecular complexity index is 303. The van der Waals surface area contributed by atoms with Crippen molar-refractivity contribution in [3.63, 3.8) is 0 Å². The summed E-state index contributed by atoms with van der Waals surface area (Å²) in [5.74, 6) is -0.0359. The van der Waals surface area contributed by atoms with E-state index in [9.17, 15) is 14.7 Å². The number of aliphatic hydroxyl groups is 1. The number of nitrogens with one attached hydrogen (secondary N) is 1. The number of carbonyl (C=O) groups is 2. The minimum atomic E-state index is -1.18. The first-order chi connectivity index (χ1) is 8.61. The molecule has 0 heterocycles. The Morgan fingerprint density at radius 2 is 1.63 bits per heavy atom. The van der Waals surface area contributed by atoms with Gasteiger partial charge in [0.1, 0.15) is 5.60 Å². The van der Waals surface area contributed by atoms with Crippen LogP contribution in [-0.2, 0) is 9.59 Å². The lowest BCUT2D eigenvalue weighted by molar-refractivity contribution is -0.136. The smallest absolute Gasteiger partial charge is 0.225 e. The van der Waals surface area contributed by atoms with E-state index in [0.717, 1.165) is 19.3 Å². The van der Waals surface area contributed by atoms with Crippen molar-refractivity contribution in [1.82, 2.24) is 5.32 Å². The molecule has 0 aromatic carbocycles. The SMILES string of the molecule is CCC(C)(O)C(=O)CCCCCNC(=O)C(C)(C)C. The van der Waals surface area contributed by atoms with Crippen LogP contribution in [0.5, 0.6) is 0 Å². The van der Waals surface area contributed by atoms with Crippen LogP contribution in [0.25, 0.3) is 0 Å². The van der Waals surface area contributed by atoms with Crippen molar-refractivity contribution in [1.29, 1.82) is 0 Å². The monoisotopic (exact) mass is 271 g/mol. The summed E-state index contributed by atoms with van der Waals surface area (Å²) in [6, 6.07) is 0. The van der Waals surface area contributed by atoms with E-state index in [4.69, 9.17) is 0 Å². The number of ketones is 1. The number of carbonyl (C=O) groups excluding carboxylic acids is 2. The summed E-state index contributed by atoms with van der Waals surface area (Å²) in [6.07, 6.45) is 3.38. The maximum Gasteiger partial charge on any atom is 0.225 e. The molecular weight excluding hydrogens is 242 g/mol. The van der Waals surface area contributed by atoms with Gasteiger partial charge in [0.2, 0.25) is 5.91 Å². The van der Waals surface area contributed by atoms with Gasteiger partial charge in [0.15, 0.2) is 5.78 Å². The van der Waals surface area contributed by atoms with E-state index in [1.807, 2.05) is 20.8 Å². The van der Waals surface area contributed by atoms with Gasteiger partial charge < -0.3 is 10.4 Å². The third-order valence-corrected chi connectivity index (χ3v) is 3.34. The molecule has 0 fully saturated rings. The Balaban J connectivity index is 3.68. The Kier molecular flexibility index (Phi) is 7.27. The number of Topliss-reactive ketones (excluding diaryl/α,β-unsaturated/α-hetero) is 1. The molecule has 0 aromatic heterocycles. The van der Waals surface area contributed by atoms with Crippen LogP contribution in [0.15, 0.2) is 0 Å². The molecular formula is C15H29NO3. The molecule has 0 aromatic rings. The molecule has 2 N–H and O–H groups in total. The molecule has 112 valence electrons. The van der Waals surface area contributed by atoms with Crippen LogP contribution >= 0.6 is 0 Å². The molecule has 0 radical (unpaired) electrons. The quantitative estimate of drug-likeness (QED) is 0.666. The van der Waals surface area contributed by atoms with Gasteiger partial charge in [0, 0.05) is 18.4 Å². The Morgan fingerprint density at radius 1 is 1.05 bits per heavy atom. The zero-order valence-corrected chi connectivity index (χ0v) is 13.0. The van der Waals surface area contributed by atoms with Crippen molar-refractivity contribution in [2.24, 2.45) is 5.41 Å². The molecule has 0 aliphatic carbocycles. The topological polar surface area (TPSA) is 66.4 Å². The fourth-order valence-corrected chi connectivity index (χ4v) is 1.52. The van der Waals surface area contributed by atoms with Crippen LogP contribution in [0.1, 0.15) is 66.7 Å². The number of unbranched alkanes of at least 4 members (excludes halogenated alkanes) is 2. The fourth-order valence-electron chi connectivity index (χ4n) is 1.52. The molecule has 0 saturated carbocycles. The highest BCUT2D eigenvalue weighted by atomic mass is 16.3. The first-order valence-corrected chi connectivity index (χ1v) is 7.15. The standard InChI is InChI=1S/C15H29NO3/c1-6-15(5,19)12(17)10-8-7-9-11-16-13(18)14(2,3)4/h19H,6-11H2,1-5H3,(H,16,18). The van der Waals surface area contributed by atoms with Crippen molar-refractivity contribution in [3.05, 3.63) is 0 Å². The highest BCUT2D eigenvalue weighted by molar-refractivity contribution is 5.86. The summed E-state index contributed by atoms with van der Waals surface area (Å²) in [4.78, 5) is 23.2. The lowest BCUT2D eigenvalue weighted by atomic mass is 9.94. The third kappa shape index (κ3) is 7.31. The van der Waals surface area contributed by atoms with Gasteiger partial charge in [-0.15, -0.1) is 0 Å². The van der Waals surface area contributed by atoms with Crippen LogP contribution in [0.3, 0.4) is 0 Å². The minimum Gasteiger partial charge on any atom is -0.382 e. The first-order valence-electron chi connectivity index (χ1n) is 7.15. The predicted molar refractivity (Wildman–Crippen MR) is 76.9 cm³/mol. The molecule has 1 amide bonds. The van der Waals surface area contributed by atoms with Gasteiger partial charge in [0.05, 0.1) is 0 Å². The maximum atomic E-state index is 11.6. The molecule has 0 saturated heterocycles. The van der Waals surface area contributed by atoms with Crippen LogP contribution in [0.4, 0.5) is 0 Å². The predicted octanol–water partition coefficient (Wildman–Crippen LogP) is 2.44. The molecule has 0 spiro atoms. The second-order valence-electron chi connectivity index (χ2n) is 6.37. The Morgan fingerprint density at radius 3 is 2.11 bits per heavy atom. The summed E-state index contributed by atoms with van der Waals surface area (Å²) in [5, 5.41) is 12.6. The van der Waals surface area contributed by atoms with Crippen LogP contribution in [-0.4, -0.2) is 28.9 Å². The molecule has 4 nitrogen and oxygen atoms in total. The molecule has 1 atom stereocenters. The van der Waals surface area contributed by atoms with E-state index >= 15 is 0 Å². The largest absolute Gasteiger partial charge is 0.382 e. The summed E-state index contributed by atoms with van der Waals surface area (Å²) < 4.78 is 0. The van der Waals surface area contributed by atoms with Gasteiger partial charge in [0.25, 0.3) is 0 Å². The number of hydrogen-bond donors (Lipinski definition) is 2. The van der Waals surface area contributed by atoms with Gasteiger partial charge in [-0.05, 0) is 26.2 Å². The van der Waals surface area contributed by atoms with Crippen molar-refractivity contribution >= 4 is 11.7 Å². The van der Waals surface area contributed by atoms with Gasteiger partial charge in [-0.25, -0.2) is 0 Å². The van der Waals surface area contributed by atoms with E-state index in [1.165, 1.54) is 0 Å². The van der Waals surface area contributed by atoms with Crippen LogP contribution < -0.4 is 5.32 Å². The highest BCUT2D eigenvalue weighted by Gasteiger charge is 2.26. The van der Waals surface area contributed by atoms with Gasteiger partial charge >= 0.3 is 0 Å². The molecule has 0 rings (SSSR count). The van der Waals surface area contributed by atoms with Crippen LogP contribution in [0.2, 0.25) is 0 Å². The lowest BCUT2D eigenvalue weighted by Crippen LogP contribution is -2.35. The normalized spacial score (nSPS) is 14.8. The average molecular weight is 271 g/mol. The minimum absolute atomic E-state index is 0.0532. The van der Waals surface area contributed by atoms with E-state index in [1.54, 1.807) is 13.8 Å². The molecule has 0 aliphatic heterocycles. The summed E-state index contributed by atoms with van der Waals surface area (Å²) >= 11 is 0. The number of rotatable bonds is 8. The van der Waals surface area contributed by atoms with Gasteiger partial charge in [-0.1, -0.05) is 34.1 Å². The second kappa shape index (κ2) is 7.63. The van der Waals surface area contributed by atoms with Gasteiger partial charge in [-0.2, -0.15) is 0 Å². The summed E-state index contributed by atoms with van der Waals surface area (Å²) in [7, 11) is 0. The molecule has 19 heavy (non-hydrogen) atoms. The fraction of sp³-hybridized carbons (Fsp3) is 0.867. The van der Waals surface area contributed by atoms with Crippen molar-refractivity contribution in [3.8, 4) is 0 Å². The van der Waals surface area contributed by atoms with Crippen molar-refractivity contribution in [2.75, 3.05) is 6.54 Å². The Hall–Kier alpha value is -0.900. The van der Waals surface area contributed by atoms with E-state index in [2.05, 4.69) is 5.32 Å². The summed E-state index contributed by atoms with van der Waals surface area (Å²) in [6.45, 7) is 9.67. The second-order valence-corrected chi connectivity index (χ2v) is 6.37. The van der Waals surface area contributed by atoms with Crippen molar-refractivity contribution < 1.29 is 14.7 Å². The maximum absolute atomic E-state index is 11.6. The third-order valence-electron chi connectivity index (χ3n) is 3.34. The van der Waals surface area contributed by atoms with E-state index < -0.39 is 5.60 Å². The molecule has 0 bridgehead atoms. The van der Waals surface area contributed by atoms with Crippen LogP contribution in [0, 0.1) is 5.41 Å². The Labute approximate surface area is 117 Å². The first kappa shape index (κ1) is 18.1. The highest BCUT2D eigenvalue weighted by Crippen LogP contribution is 2.15.